The first-order chi connectivity index (χ1) is 14.1. The van der Waals surface area contributed by atoms with Crippen molar-refractivity contribution in [3.05, 3.63) is 88.2 Å². The van der Waals surface area contributed by atoms with Crippen LogP contribution in [0.2, 0.25) is 0 Å². The molecule has 0 radical (unpaired) electrons. The number of aromatic amines is 1. The topological polar surface area (TPSA) is 61.5 Å². The van der Waals surface area contributed by atoms with Crippen LogP contribution >= 0.6 is 11.3 Å². The Labute approximate surface area is 175 Å². The zero-order chi connectivity index (χ0) is 20.2. The van der Waals surface area contributed by atoms with Crippen LogP contribution in [0.25, 0.3) is 10.9 Å². The van der Waals surface area contributed by atoms with Gasteiger partial charge in [0.25, 0.3) is 5.91 Å². The number of nitrogens with two attached hydrogens (primary N) is 1. The molecular weight excluding hydrogens is 378 g/mol. The molecule has 148 valence electrons. The second kappa shape index (κ2) is 8.64. The van der Waals surface area contributed by atoms with Gasteiger partial charge in [0, 0.05) is 27.7 Å². The van der Waals surface area contributed by atoms with Gasteiger partial charge in [-0.2, -0.15) is 0 Å². The summed E-state index contributed by atoms with van der Waals surface area (Å²) < 4.78 is 0. The van der Waals surface area contributed by atoms with Gasteiger partial charge in [0.1, 0.15) is 0 Å². The number of aryl methyl sites for hydroxylation is 1. The number of aromatic nitrogens is 1. The molecule has 4 nitrogen and oxygen atoms in total. The van der Waals surface area contributed by atoms with Crippen LogP contribution in [0.3, 0.4) is 0 Å². The molecule has 0 fully saturated rings. The molecule has 0 bridgehead atoms. The fourth-order valence-electron chi connectivity index (χ4n) is 3.61. The maximum absolute atomic E-state index is 12.6. The molecule has 4 rings (SSSR count). The number of amides is 1. The molecule has 4 aromatic rings. The van der Waals surface area contributed by atoms with Gasteiger partial charge >= 0.3 is 0 Å². The molecule has 0 saturated heterocycles. The van der Waals surface area contributed by atoms with E-state index in [2.05, 4.69) is 57.5 Å². The first-order valence-corrected chi connectivity index (χ1v) is 10.8. The molecule has 1 amide bonds. The Morgan fingerprint density at radius 3 is 2.66 bits per heavy atom. The maximum Gasteiger partial charge on any atom is 0.282 e. The van der Waals surface area contributed by atoms with Crippen molar-refractivity contribution in [2.24, 2.45) is 0 Å². The van der Waals surface area contributed by atoms with E-state index in [1.54, 1.807) is 11.3 Å². The number of carbonyl (C=O) groups is 1. The standard InChI is InChI=1S/C24H25N3OS/c1-16-9-11-18(12-10-16)27-24(28)17(2)25-15-21(23-8-5-13-29-23)20-14-26-22-7-4-3-6-19(20)22/h3-14,17,21,25-26H,15H2,1-2H3,(H,27,28)/p+1/t17-,21+/m0/s1. The number of rotatable bonds is 7. The van der Waals surface area contributed by atoms with Gasteiger partial charge in [-0.1, -0.05) is 42.0 Å². The van der Waals surface area contributed by atoms with Crippen molar-refractivity contribution in [3.8, 4) is 0 Å². The van der Waals surface area contributed by atoms with Crippen molar-refractivity contribution in [3.63, 3.8) is 0 Å². The van der Waals surface area contributed by atoms with Crippen molar-refractivity contribution >= 4 is 33.8 Å². The normalized spacial score (nSPS) is 13.3. The molecule has 0 spiro atoms. The van der Waals surface area contributed by atoms with Crippen LogP contribution in [0, 0.1) is 6.92 Å². The number of hydrogen-bond acceptors (Lipinski definition) is 2. The van der Waals surface area contributed by atoms with Gasteiger partial charge < -0.3 is 15.6 Å². The number of para-hydroxylation sites is 1. The number of fused-ring (bicyclic) bond motifs is 1. The summed E-state index contributed by atoms with van der Waals surface area (Å²) in [6.45, 7) is 4.81. The van der Waals surface area contributed by atoms with Gasteiger partial charge in [-0.15, -0.1) is 11.3 Å². The predicted molar refractivity (Wildman–Crippen MR) is 121 cm³/mol. The average molecular weight is 405 g/mol. The van der Waals surface area contributed by atoms with Crippen LogP contribution in [0.1, 0.15) is 28.8 Å². The maximum atomic E-state index is 12.6. The van der Waals surface area contributed by atoms with Gasteiger partial charge in [-0.05, 0) is 49.1 Å². The summed E-state index contributed by atoms with van der Waals surface area (Å²) in [4.78, 5) is 17.4. The van der Waals surface area contributed by atoms with Crippen molar-refractivity contribution in [1.29, 1.82) is 0 Å². The van der Waals surface area contributed by atoms with Crippen molar-refractivity contribution in [2.45, 2.75) is 25.8 Å². The van der Waals surface area contributed by atoms with Crippen LogP contribution in [0.15, 0.2) is 72.2 Å². The highest BCUT2D eigenvalue weighted by Gasteiger charge is 2.24. The average Bonchev–Trinajstić information content (AvgIpc) is 3.40. The third kappa shape index (κ3) is 4.42. The number of anilines is 1. The molecule has 0 unspecified atom stereocenters. The van der Waals surface area contributed by atoms with Gasteiger partial charge in [0.05, 0.1) is 12.5 Å². The van der Waals surface area contributed by atoms with E-state index >= 15 is 0 Å². The van der Waals surface area contributed by atoms with E-state index in [0.29, 0.717) is 0 Å². The number of hydrogen-bond donors (Lipinski definition) is 3. The molecule has 0 saturated carbocycles. The number of carbonyl (C=O) groups excluding carboxylic acids is 1. The lowest BCUT2D eigenvalue weighted by molar-refractivity contribution is -0.674. The van der Waals surface area contributed by atoms with E-state index in [4.69, 9.17) is 0 Å². The number of quaternary nitrogens is 1. The summed E-state index contributed by atoms with van der Waals surface area (Å²) in [7, 11) is 0. The third-order valence-corrected chi connectivity index (χ3v) is 6.33. The van der Waals surface area contributed by atoms with E-state index in [9.17, 15) is 4.79 Å². The summed E-state index contributed by atoms with van der Waals surface area (Å²) in [5.74, 6) is 0.262. The zero-order valence-electron chi connectivity index (χ0n) is 16.7. The minimum Gasteiger partial charge on any atom is -0.361 e. The molecule has 5 heteroatoms. The van der Waals surface area contributed by atoms with E-state index in [1.807, 2.05) is 44.2 Å². The Bertz CT molecular complexity index is 1080. The van der Waals surface area contributed by atoms with Gasteiger partial charge in [0.15, 0.2) is 6.04 Å². The van der Waals surface area contributed by atoms with Crippen molar-refractivity contribution in [2.75, 3.05) is 11.9 Å². The second-order valence-electron chi connectivity index (χ2n) is 7.47. The lowest BCUT2D eigenvalue weighted by Crippen LogP contribution is -2.92. The Morgan fingerprint density at radius 1 is 1.10 bits per heavy atom. The smallest absolute Gasteiger partial charge is 0.282 e. The number of benzene rings is 2. The lowest BCUT2D eigenvalue weighted by atomic mass is 9.96. The first-order valence-electron chi connectivity index (χ1n) is 9.92. The summed E-state index contributed by atoms with van der Waals surface area (Å²) in [6, 6.07) is 20.4. The fourth-order valence-corrected chi connectivity index (χ4v) is 4.47. The minimum absolute atomic E-state index is 0.0257. The molecule has 0 aliphatic heterocycles. The molecule has 0 aliphatic carbocycles. The summed E-state index contributed by atoms with van der Waals surface area (Å²) in [5.41, 5.74) is 4.45. The molecular formula is C24H26N3OS+. The molecule has 29 heavy (non-hydrogen) atoms. The van der Waals surface area contributed by atoms with E-state index in [-0.39, 0.29) is 17.9 Å². The Balaban J connectivity index is 1.48. The van der Waals surface area contributed by atoms with E-state index in [1.165, 1.54) is 21.4 Å². The highest BCUT2D eigenvalue weighted by molar-refractivity contribution is 7.10. The van der Waals surface area contributed by atoms with E-state index in [0.717, 1.165) is 17.7 Å². The number of nitrogens with one attached hydrogen (secondary N) is 2. The van der Waals surface area contributed by atoms with Gasteiger partial charge in [-0.25, -0.2) is 0 Å². The lowest BCUT2D eigenvalue weighted by Gasteiger charge is -2.17. The van der Waals surface area contributed by atoms with Crippen LogP contribution in [-0.4, -0.2) is 23.5 Å². The monoisotopic (exact) mass is 404 g/mol. The van der Waals surface area contributed by atoms with Crippen LogP contribution in [0.4, 0.5) is 5.69 Å². The Hall–Kier alpha value is -2.89. The van der Waals surface area contributed by atoms with Gasteiger partial charge in [0.2, 0.25) is 0 Å². The van der Waals surface area contributed by atoms with E-state index < -0.39 is 0 Å². The highest BCUT2D eigenvalue weighted by Crippen LogP contribution is 2.32. The van der Waals surface area contributed by atoms with Gasteiger partial charge in [-0.3, -0.25) is 4.79 Å². The zero-order valence-corrected chi connectivity index (χ0v) is 17.5. The number of thiophene rings is 1. The van der Waals surface area contributed by atoms with Crippen LogP contribution < -0.4 is 10.6 Å². The quantitative estimate of drug-likeness (QED) is 0.423. The molecule has 0 aliphatic rings. The summed E-state index contributed by atoms with van der Waals surface area (Å²) >= 11 is 1.77. The SMILES string of the molecule is Cc1ccc(NC(=O)[C@H](C)[NH2+]C[C@@H](c2cccs2)c2c[nH]c3ccccc23)cc1. The molecule has 2 aromatic heterocycles. The summed E-state index contributed by atoms with van der Waals surface area (Å²) in [5, 5.41) is 8.51. The summed E-state index contributed by atoms with van der Waals surface area (Å²) in [6.07, 6.45) is 2.11. The third-order valence-electron chi connectivity index (χ3n) is 5.34. The molecule has 2 heterocycles. The Morgan fingerprint density at radius 2 is 1.90 bits per heavy atom. The molecule has 2 aromatic carbocycles. The highest BCUT2D eigenvalue weighted by atomic mass is 32.1. The molecule has 2 atom stereocenters. The molecule has 4 N–H and O–H groups in total. The van der Waals surface area contributed by atoms with Crippen molar-refractivity contribution < 1.29 is 10.1 Å². The second-order valence-corrected chi connectivity index (χ2v) is 8.45. The fraction of sp³-hybridized carbons (Fsp3) is 0.208. The predicted octanol–water partition coefficient (Wildman–Crippen LogP) is 4.26. The van der Waals surface area contributed by atoms with Crippen molar-refractivity contribution in [1.82, 2.24) is 4.98 Å². The van der Waals surface area contributed by atoms with Crippen LogP contribution in [-0.2, 0) is 4.79 Å². The number of H-pyrrole nitrogens is 1. The van der Waals surface area contributed by atoms with Crippen LogP contribution in [0.5, 0.6) is 0 Å². The largest absolute Gasteiger partial charge is 0.361 e. The minimum atomic E-state index is -0.177. The Kier molecular flexibility index (Phi) is 5.79. The first kappa shape index (κ1) is 19.4.